The van der Waals surface area contributed by atoms with Gasteiger partial charge in [0.05, 0.1) is 5.02 Å². The van der Waals surface area contributed by atoms with Crippen LogP contribution in [-0.4, -0.2) is 14.5 Å². The van der Waals surface area contributed by atoms with Gasteiger partial charge in [0.25, 0.3) is 0 Å². The Morgan fingerprint density at radius 1 is 1.09 bits per heavy atom. The van der Waals surface area contributed by atoms with Crippen molar-refractivity contribution in [3.05, 3.63) is 64.1 Å². The normalized spacial score (nSPS) is 13.0. The van der Waals surface area contributed by atoms with Gasteiger partial charge in [-0.05, 0) is 43.5 Å². The second-order valence-corrected chi connectivity index (χ2v) is 7.65. The highest BCUT2D eigenvalue weighted by molar-refractivity contribution is 7.89. The molecule has 0 fully saturated rings. The molecule has 22 heavy (non-hydrogen) atoms. The predicted octanol–water partition coefficient (Wildman–Crippen LogP) is 4.29. The molecule has 0 aromatic heterocycles. The van der Waals surface area contributed by atoms with Crippen molar-refractivity contribution in [2.24, 2.45) is 0 Å². The quantitative estimate of drug-likeness (QED) is 0.837. The van der Waals surface area contributed by atoms with E-state index in [0.717, 1.165) is 6.42 Å². The lowest BCUT2D eigenvalue weighted by Crippen LogP contribution is -2.33. The first kappa shape index (κ1) is 17.3. The molecule has 118 valence electrons. The van der Waals surface area contributed by atoms with Crippen LogP contribution in [0.3, 0.4) is 0 Å². The van der Waals surface area contributed by atoms with Gasteiger partial charge in [0.1, 0.15) is 4.90 Å². The summed E-state index contributed by atoms with van der Waals surface area (Å²) in [6.07, 6.45) is 1.51. The highest BCUT2D eigenvalue weighted by Crippen LogP contribution is 2.25. The van der Waals surface area contributed by atoms with Crippen molar-refractivity contribution in [1.29, 1.82) is 0 Å². The van der Waals surface area contributed by atoms with Crippen molar-refractivity contribution in [3.63, 3.8) is 0 Å². The average Bonchev–Trinajstić information content (AvgIpc) is 2.45. The number of hydrogen-bond acceptors (Lipinski definition) is 2. The molecule has 0 saturated carbocycles. The van der Waals surface area contributed by atoms with Gasteiger partial charge in [-0.15, -0.1) is 0 Å². The largest absolute Gasteiger partial charge is 0.242 e. The average molecular weight is 358 g/mol. The maximum Gasteiger partial charge on any atom is 0.242 e. The van der Waals surface area contributed by atoms with Crippen LogP contribution in [0.15, 0.2) is 53.4 Å². The minimum atomic E-state index is -3.65. The first-order valence-corrected chi connectivity index (χ1v) is 9.14. The zero-order valence-electron chi connectivity index (χ0n) is 12.1. The molecule has 3 nitrogen and oxygen atoms in total. The van der Waals surface area contributed by atoms with Crippen molar-refractivity contribution < 1.29 is 8.42 Å². The number of aryl methyl sites for hydroxylation is 1. The number of benzene rings is 2. The van der Waals surface area contributed by atoms with Gasteiger partial charge < -0.3 is 0 Å². The number of nitrogens with one attached hydrogen (secondary N) is 1. The Labute approximate surface area is 141 Å². The van der Waals surface area contributed by atoms with E-state index in [0.29, 0.717) is 11.4 Å². The zero-order valence-corrected chi connectivity index (χ0v) is 14.4. The van der Waals surface area contributed by atoms with Crippen molar-refractivity contribution in [2.45, 2.75) is 30.7 Å². The fourth-order valence-corrected chi connectivity index (χ4v) is 4.16. The summed E-state index contributed by atoms with van der Waals surface area (Å²) in [6.45, 7) is 1.84. The second kappa shape index (κ2) is 7.47. The summed E-state index contributed by atoms with van der Waals surface area (Å²) in [6, 6.07) is 14.1. The molecule has 0 aliphatic carbocycles. The summed E-state index contributed by atoms with van der Waals surface area (Å²) >= 11 is 11.8. The third-order valence-corrected chi connectivity index (χ3v) is 5.56. The monoisotopic (exact) mass is 357 g/mol. The molecule has 6 heteroatoms. The summed E-state index contributed by atoms with van der Waals surface area (Å²) < 4.78 is 27.3. The highest BCUT2D eigenvalue weighted by Gasteiger charge is 2.20. The van der Waals surface area contributed by atoms with Crippen LogP contribution in [0.2, 0.25) is 10.0 Å². The molecule has 0 aliphatic rings. The van der Waals surface area contributed by atoms with E-state index in [9.17, 15) is 8.42 Å². The molecule has 0 aliphatic heterocycles. The molecule has 0 saturated heterocycles. The molecule has 1 unspecified atom stereocenters. The van der Waals surface area contributed by atoms with E-state index in [4.69, 9.17) is 23.2 Å². The van der Waals surface area contributed by atoms with Gasteiger partial charge in [-0.3, -0.25) is 0 Å². The van der Waals surface area contributed by atoms with Gasteiger partial charge in [-0.25, -0.2) is 13.1 Å². The summed E-state index contributed by atoms with van der Waals surface area (Å²) in [7, 11) is -3.65. The van der Waals surface area contributed by atoms with E-state index in [-0.39, 0.29) is 16.0 Å². The van der Waals surface area contributed by atoms with Crippen molar-refractivity contribution in [2.75, 3.05) is 0 Å². The molecule has 0 bridgehead atoms. The van der Waals surface area contributed by atoms with Crippen LogP contribution in [-0.2, 0) is 16.4 Å². The van der Waals surface area contributed by atoms with Crippen LogP contribution in [0.1, 0.15) is 18.9 Å². The molecular weight excluding hydrogens is 341 g/mol. The molecule has 0 radical (unpaired) electrons. The third-order valence-electron chi connectivity index (χ3n) is 3.25. The van der Waals surface area contributed by atoms with Gasteiger partial charge in [0.2, 0.25) is 10.0 Å². The van der Waals surface area contributed by atoms with Gasteiger partial charge in [-0.2, -0.15) is 0 Å². The van der Waals surface area contributed by atoms with Crippen LogP contribution in [0.4, 0.5) is 0 Å². The molecule has 2 aromatic rings. The highest BCUT2D eigenvalue weighted by atomic mass is 35.5. The fraction of sp³-hybridized carbons (Fsp3) is 0.250. The van der Waals surface area contributed by atoms with Gasteiger partial charge in [0, 0.05) is 11.1 Å². The SMILES string of the molecule is CC(CCc1ccccc1)NS(=O)(=O)c1ccc(Cl)cc1Cl. The van der Waals surface area contributed by atoms with E-state index in [1.165, 1.54) is 23.8 Å². The minimum absolute atomic E-state index is 0.0464. The van der Waals surface area contributed by atoms with Crippen LogP contribution >= 0.6 is 23.2 Å². The molecule has 2 rings (SSSR count). The maximum atomic E-state index is 12.3. The number of rotatable bonds is 6. The van der Waals surface area contributed by atoms with Crippen LogP contribution in [0.25, 0.3) is 0 Å². The van der Waals surface area contributed by atoms with Gasteiger partial charge >= 0.3 is 0 Å². The number of halogens is 2. The van der Waals surface area contributed by atoms with E-state index < -0.39 is 10.0 Å². The van der Waals surface area contributed by atoms with E-state index in [2.05, 4.69) is 4.72 Å². The topological polar surface area (TPSA) is 46.2 Å². The van der Waals surface area contributed by atoms with E-state index >= 15 is 0 Å². The lowest BCUT2D eigenvalue weighted by Gasteiger charge is -2.15. The summed E-state index contributed by atoms with van der Waals surface area (Å²) in [5, 5.41) is 0.524. The minimum Gasteiger partial charge on any atom is -0.208 e. The summed E-state index contributed by atoms with van der Waals surface area (Å²) in [4.78, 5) is 0.0464. The summed E-state index contributed by atoms with van der Waals surface area (Å²) in [5.74, 6) is 0. The predicted molar refractivity (Wildman–Crippen MR) is 91.0 cm³/mol. The fourth-order valence-electron chi connectivity index (χ4n) is 2.11. The molecule has 0 spiro atoms. The standard InChI is InChI=1S/C16H17Cl2NO2S/c1-12(7-8-13-5-3-2-4-6-13)19-22(20,21)16-10-9-14(17)11-15(16)18/h2-6,9-12,19H,7-8H2,1H3. The lowest BCUT2D eigenvalue weighted by molar-refractivity contribution is 0.547. The van der Waals surface area contributed by atoms with Crippen LogP contribution in [0.5, 0.6) is 0 Å². The molecule has 1 atom stereocenters. The van der Waals surface area contributed by atoms with Crippen molar-refractivity contribution >= 4 is 33.2 Å². The lowest BCUT2D eigenvalue weighted by atomic mass is 10.1. The molecule has 0 amide bonds. The molecule has 1 N–H and O–H groups in total. The first-order valence-electron chi connectivity index (χ1n) is 6.90. The van der Waals surface area contributed by atoms with Crippen LogP contribution < -0.4 is 4.72 Å². The van der Waals surface area contributed by atoms with E-state index in [1.807, 2.05) is 37.3 Å². The van der Waals surface area contributed by atoms with Crippen molar-refractivity contribution in [1.82, 2.24) is 4.72 Å². The van der Waals surface area contributed by atoms with Gasteiger partial charge in [-0.1, -0.05) is 53.5 Å². The summed E-state index contributed by atoms with van der Waals surface area (Å²) in [5.41, 5.74) is 1.18. The Morgan fingerprint density at radius 3 is 2.41 bits per heavy atom. The third kappa shape index (κ3) is 4.71. The molecule has 2 aromatic carbocycles. The van der Waals surface area contributed by atoms with E-state index in [1.54, 1.807) is 0 Å². The Kier molecular flexibility index (Phi) is 5.87. The number of sulfonamides is 1. The Hall–Kier alpha value is -1.07. The molecular formula is C16H17Cl2NO2S. The smallest absolute Gasteiger partial charge is 0.208 e. The zero-order chi connectivity index (χ0) is 16.2. The second-order valence-electron chi connectivity index (χ2n) is 5.12. The molecule has 0 heterocycles. The van der Waals surface area contributed by atoms with Gasteiger partial charge in [0.15, 0.2) is 0 Å². The Bertz CT molecular complexity index is 733. The number of hydrogen-bond donors (Lipinski definition) is 1. The first-order chi connectivity index (χ1) is 10.4. The Balaban J connectivity index is 2.02. The Morgan fingerprint density at radius 2 is 1.77 bits per heavy atom. The van der Waals surface area contributed by atoms with Crippen molar-refractivity contribution in [3.8, 4) is 0 Å². The maximum absolute atomic E-state index is 12.3. The van der Waals surface area contributed by atoms with Crippen LogP contribution in [0, 0.1) is 0 Å².